The Kier molecular flexibility index (Phi) is 9.20. The lowest BCUT2D eigenvalue weighted by Gasteiger charge is -2.09. The third-order valence-electron chi connectivity index (χ3n) is 4.21. The average molecular weight is 442 g/mol. The van der Waals surface area contributed by atoms with E-state index in [0.717, 1.165) is 23.3 Å². The number of nitrogens with one attached hydrogen (secondary N) is 1. The molecule has 0 atom stereocenters. The van der Waals surface area contributed by atoms with Gasteiger partial charge >= 0.3 is 12.1 Å². The molecule has 30 heavy (non-hydrogen) atoms. The Balaban J connectivity index is 1.73. The summed E-state index contributed by atoms with van der Waals surface area (Å²) in [5.41, 5.74) is 0.984. The van der Waals surface area contributed by atoms with Crippen LogP contribution in [0.3, 0.4) is 0 Å². The van der Waals surface area contributed by atoms with Gasteiger partial charge < -0.3 is 15.2 Å². The van der Waals surface area contributed by atoms with Crippen LogP contribution < -0.4 is 10.1 Å². The van der Waals surface area contributed by atoms with Gasteiger partial charge in [-0.1, -0.05) is 35.9 Å². The molecule has 0 amide bonds. The highest BCUT2D eigenvalue weighted by molar-refractivity contribution is 6.32. The maximum atomic E-state index is 12.6. The van der Waals surface area contributed by atoms with Crippen LogP contribution in [0.15, 0.2) is 48.5 Å². The molecule has 0 aromatic heterocycles. The van der Waals surface area contributed by atoms with Crippen molar-refractivity contribution in [3.05, 3.63) is 70.3 Å². The largest absolute Gasteiger partial charge is 0.494 e. The molecule has 8 heteroatoms. The summed E-state index contributed by atoms with van der Waals surface area (Å²) in [5, 5.41) is 12.1. The Bertz CT molecular complexity index is 852. The molecule has 0 radical (unpaired) electrons. The molecule has 0 aliphatic heterocycles. The lowest BCUT2D eigenvalue weighted by atomic mass is 10.1. The van der Waals surface area contributed by atoms with Gasteiger partial charge in [-0.05, 0) is 54.3 Å². The van der Waals surface area contributed by atoms with E-state index in [1.165, 1.54) is 12.1 Å². The van der Waals surface area contributed by atoms with Crippen molar-refractivity contribution in [3.8, 4) is 5.75 Å². The molecular weight excluding hydrogens is 419 g/mol. The predicted octanol–water partition coefficient (Wildman–Crippen LogP) is 5.45. The van der Waals surface area contributed by atoms with Crippen LogP contribution in [0.4, 0.5) is 13.2 Å². The first kappa shape index (κ1) is 23.8. The van der Waals surface area contributed by atoms with Gasteiger partial charge in [-0.25, -0.2) is 0 Å². The van der Waals surface area contributed by atoms with Gasteiger partial charge in [0.2, 0.25) is 0 Å². The van der Waals surface area contributed by atoms with E-state index in [0.29, 0.717) is 43.3 Å². The number of benzene rings is 2. The maximum Gasteiger partial charge on any atom is 0.416 e. The average Bonchev–Trinajstić information content (AvgIpc) is 2.68. The van der Waals surface area contributed by atoms with E-state index >= 15 is 0 Å². The van der Waals surface area contributed by atoms with Crippen molar-refractivity contribution in [2.24, 2.45) is 0 Å². The number of aryl methyl sites for hydroxylation is 1. The van der Waals surface area contributed by atoms with Crippen molar-refractivity contribution in [2.45, 2.75) is 25.4 Å². The second kappa shape index (κ2) is 11.6. The number of ether oxygens (including phenoxy) is 1. The molecule has 2 aromatic carbocycles. The van der Waals surface area contributed by atoms with Gasteiger partial charge in [-0.15, -0.1) is 0 Å². The lowest BCUT2D eigenvalue weighted by molar-refractivity contribution is -0.138. The van der Waals surface area contributed by atoms with Gasteiger partial charge in [0.25, 0.3) is 0 Å². The van der Waals surface area contributed by atoms with Crippen LogP contribution >= 0.6 is 11.6 Å². The first-order valence-corrected chi connectivity index (χ1v) is 9.81. The van der Waals surface area contributed by atoms with E-state index in [9.17, 15) is 18.0 Å². The van der Waals surface area contributed by atoms with Gasteiger partial charge in [0, 0.05) is 13.1 Å². The quantitative estimate of drug-likeness (QED) is 0.455. The van der Waals surface area contributed by atoms with Crippen LogP contribution in [0.5, 0.6) is 5.75 Å². The van der Waals surface area contributed by atoms with Crippen molar-refractivity contribution in [3.63, 3.8) is 0 Å². The third-order valence-corrected chi connectivity index (χ3v) is 4.53. The number of hydrogen-bond donors (Lipinski definition) is 2. The number of halogens is 4. The topological polar surface area (TPSA) is 58.6 Å². The SMILES string of the molecule is O=C(O)CCNCC=Cc1ccc(OCCCc2ccc(C(F)(F)F)cc2)cc1Cl. The Morgan fingerprint density at radius 1 is 1.17 bits per heavy atom. The molecule has 2 aromatic rings. The van der Waals surface area contributed by atoms with Crippen molar-refractivity contribution in [1.82, 2.24) is 5.32 Å². The zero-order chi connectivity index (χ0) is 22.0. The Hall–Kier alpha value is -2.51. The first-order chi connectivity index (χ1) is 14.3. The van der Waals surface area contributed by atoms with Crippen molar-refractivity contribution < 1.29 is 27.8 Å². The maximum absolute atomic E-state index is 12.6. The molecule has 0 spiro atoms. The normalized spacial score (nSPS) is 11.7. The molecule has 162 valence electrons. The second-order valence-corrected chi connectivity index (χ2v) is 6.99. The van der Waals surface area contributed by atoms with Gasteiger partial charge in [0.1, 0.15) is 5.75 Å². The van der Waals surface area contributed by atoms with E-state index in [1.807, 2.05) is 18.2 Å². The molecule has 0 aliphatic rings. The minimum Gasteiger partial charge on any atom is -0.494 e. The van der Waals surface area contributed by atoms with E-state index in [-0.39, 0.29) is 6.42 Å². The number of rotatable bonds is 11. The second-order valence-electron chi connectivity index (χ2n) is 6.58. The van der Waals surface area contributed by atoms with Crippen LogP contribution in [-0.4, -0.2) is 30.8 Å². The fourth-order valence-corrected chi connectivity index (χ4v) is 2.86. The van der Waals surface area contributed by atoms with Crippen LogP contribution in [0.2, 0.25) is 5.02 Å². The highest BCUT2D eigenvalue weighted by atomic mass is 35.5. The number of hydrogen-bond acceptors (Lipinski definition) is 3. The molecule has 0 unspecified atom stereocenters. The van der Waals surface area contributed by atoms with Gasteiger partial charge in [0.05, 0.1) is 23.6 Å². The number of carboxylic acid groups (broad SMARTS) is 1. The fraction of sp³-hybridized carbons (Fsp3) is 0.318. The molecular formula is C22H23ClF3NO3. The number of alkyl halides is 3. The van der Waals surface area contributed by atoms with Crippen LogP contribution in [0.25, 0.3) is 6.08 Å². The predicted molar refractivity (Wildman–Crippen MR) is 111 cm³/mol. The summed E-state index contributed by atoms with van der Waals surface area (Å²) in [6.45, 7) is 1.35. The standard InChI is InChI=1S/C22H23ClF3NO3/c23-20-15-19(10-7-17(20)4-1-12-27-13-11-21(28)29)30-14-2-3-16-5-8-18(9-6-16)22(24,25)26/h1,4-10,15,27H,2-3,11-14H2,(H,28,29). The van der Waals surface area contributed by atoms with E-state index in [1.54, 1.807) is 12.1 Å². The van der Waals surface area contributed by atoms with Crippen molar-refractivity contribution in [1.29, 1.82) is 0 Å². The summed E-state index contributed by atoms with van der Waals surface area (Å²) >= 11 is 6.25. The summed E-state index contributed by atoms with van der Waals surface area (Å²) in [4.78, 5) is 10.4. The van der Waals surface area contributed by atoms with Crippen molar-refractivity contribution >= 4 is 23.6 Å². The van der Waals surface area contributed by atoms with Crippen LogP contribution in [-0.2, 0) is 17.4 Å². The molecule has 0 saturated heterocycles. The van der Waals surface area contributed by atoms with Gasteiger partial charge in [-0.2, -0.15) is 13.2 Å². The molecule has 0 saturated carbocycles. The minimum absolute atomic E-state index is 0.0689. The van der Waals surface area contributed by atoms with E-state index < -0.39 is 17.7 Å². The first-order valence-electron chi connectivity index (χ1n) is 9.43. The van der Waals surface area contributed by atoms with Gasteiger partial charge in [0.15, 0.2) is 0 Å². The summed E-state index contributed by atoms with van der Waals surface area (Å²) in [6.07, 6.45) is 0.713. The Morgan fingerprint density at radius 2 is 1.90 bits per heavy atom. The molecule has 0 aliphatic carbocycles. The number of carbonyl (C=O) groups is 1. The summed E-state index contributed by atoms with van der Waals surface area (Å²) < 4.78 is 43.4. The highest BCUT2D eigenvalue weighted by Crippen LogP contribution is 2.29. The Labute approximate surface area is 178 Å². The molecule has 4 nitrogen and oxygen atoms in total. The lowest BCUT2D eigenvalue weighted by Crippen LogP contribution is -2.17. The van der Waals surface area contributed by atoms with Crippen molar-refractivity contribution in [2.75, 3.05) is 19.7 Å². The molecule has 0 bridgehead atoms. The fourth-order valence-electron chi connectivity index (χ4n) is 2.63. The summed E-state index contributed by atoms with van der Waals surface area (Å²) in [5.74, 6) is -0.228. The monoisotopic (exact) mass is 441 g/mol. The third kappa shape index (κ3) is 8.47. The zero-order valence-electron chi connectivity index (χ0n) is 16.2. The number of carboxylic acids is 1. The van der Waals surface area contributed by atoms with Crippen LogP contribution in [0, 0.1) is 0 Å². The van der Waals surface area contributed by atoms with E-state index in [2.05, 4.69) is 5.32 Å². The van der Waals surface area contributed by atoms with Crippen LogP contribution in [0.1, 0.15) is 29.5 Å². The summed E-state index contributed by atoms with van der Waals surface area (Å²) in [6, 6.07) is 10.5. The molecule has 2 rings (SSSR count). The minimum atomic E-state index is -4.32. The Morgan fingerprint density at radius 3 is 2.53 bits per heavy atom. The smallest absolute Gasteiger partial charge is 0.416 e. The number of aliphatic carboxylic acids is 1. The molecule has 0 heterocycles. The highest BCUT2D eigenvalue weighted by Gasteiger charge is 2.29. The van der Waals surface area contributed by atoms with Gasteiger partial charge in [-0.3, -0.25) is 4.79 Å². The molecule has 0 fully saturated rings. The molecule has 2 N–H and O–H groups in total. The van der Waals surface area contributed by atoms with E-state index in [4.69, 9.17) is 21.4 Å². The summed E-state index contributed by atoms with van der Waals surface area (Å²) in [7, 11) is 0. The zero-order valence-corrected chi connectivity index (χ0v) is 17.0.